The van der Waals surface area contributed by atoms with Gasteiger partial charge in [0, 0.05) is 6.20 Å². The Hall–Kier alpha value is -0.590. The van der Waals surface area contributed by atoms with Crippen LogP contribution < -0.4 is 0 Å². The van der Waals surface area contributed by atoms with Gasteiger partial charge < -0.3 is 4.74 Å². The van der Waals surface area contributed by atoms with Crippen molar-refractivity contribution in [1.82, 2.24) is 9.78 Å². The van der Waals surface area contributed by atoms with Crippen LogP contribution in [0.5, 0.6) is 0 Å². The first kappa shape index (κ1) is 11.5. The third kappa shape index (κ3) is 2.46. The van der Waals surface area contributed by atoms with E-state index in [-0.39, 0.29) is 17.9 Å². The number of esters is 1. The Morgan fingerprint density at radius 3 is 2.71 bits per heavy atom. The molecule has 0 bridgehead atoms. The fourth-order valence-corrected chi connectivity index (χ4v) is 1.56. The molecule has 1 aromatic heterocycles. The fraction of sp³-hybridized carbons (Fsp3) is 0.556. The molecule has 5 heteroatoms. The van der Waals surface area contributed by atoms with Crippen LogP contribution in [0.15, 0.2) is 12.4 Å². The Morgan fingerprint density at radius 2 is 2.29 bits per heavy atom. The van der Waals surface area contributed by atoms with Gasteiger partial charge in [-0.3, -0.25) is 9.48 Å². The highest BCUT2D eigenvalue weighted by Crippen LogP contribution is 2.18. The highest BCUT2D eigenvalue weighted by Gasteiger charge is 2.22. The van der Waals surface area contributed by atoms with Crippen LogP contribution in [0.25, 0.3) is 0 Å². The molecular formula is C9H13IN2O2. The van der Waals surface area contributed by atoms with E-state index in [1.807, 2.05) is 20.0 Å². The normalized spacial score (nSPS) is 14.9. The molecule has 4 nitrogen and oxygen atoms in total. The van der Waals surface area contributed by atoms with Gasteiger partial charge in [0.05, 0.1) is 28.8 Å². The van der Waals surface area contributed by atoms with Gasteiger partial charge in [0.2, 0.25) is 0 Å². The monoisotopic (exact) mass is 308 g/mol. The Balaban J connectivity index is 2.74. The standard InChI is InChI=1S/C9H13IN2O2/c1-6(9(13)14-3)7(2)12-5-8(10)4-11-12/h4-7H,1-3H3. The predicted octanol–water partition coefficient (Wildman–Crippen LogP) is 1.86. The molecule has 1 heterocycles. The molecule has 0 aliphatic heterocycles. The van der Waals surface area contributed by atoms with E-state index in [0.29, 0.717) is 0 Å². The summed E-state index contributed by atoms with van der Waals surface area (Å²) in [4.78, 5) is 11.3. The molecule has 0 aliphatic carbocycles. The van der Waals surface area contributed by atoms with Crippen molar-refractivity contribution in [3.8, 4) is 0 Å². The van der Waals surface area contributed by atoms with Crippen molar-refractivity contribution in [3.05, 3.63) is 16.0 Å². The lowest BCUT2D eigenvalue weighted by Gasteiger charge is -2.17. The van der Waals surface area contributed by atoms with Crippen molar-refractivity contribution in [1.29, 1.82) is 0 Å². The Kier molecular flexibility index (Phi) is 3.91. The highest BCUT2D eigenvalue weighted by atomic mass is 127. The van der Waals surface area contributed by atoms with Gasteiger partial charge in [-0.1, -0.05) is 0 Å². The minimum absolute atomic E-state index is 0.0194. The molecule has 0 radical (unpaired) electrons. The van der Waals surface area contributed by atoms with E-state index in [9.17, 15) is 4.79 Å². The number of carbonyl (C=O) groups is 1. The van der Waals surface area contributed by atoms with Crippen LogP contribution in [0.4, 0.5) is 0 Å². The van der Waals surface area contributed by atoms with Gasteiger partial charge in [-0.05, 0) is 36.4 Å². The van der Waals surface area contributed by atoms with Crippen molar-refractivity contribution in [2.75, 3.05) is 7.11 Å². The van der Waals surface area contributed by atoms with Crippen molar-refractivity contribution < 1.29 is 9.53 Å². The SMILES string of the molecule is COC(=O)C(C)C(C)n1cc(I)cn1. The fourth-order valence-electron chi connectivity index (χ4n) is 1.15. The van der Waals surface area contributed by atoms with Gasteiger partial charge >= 0.3 is 5.97 Å². The van der Waals surface area contributed by atoms with Crippen molar-refractivity contribution in [2.24, 2.45) is 5.92 Å². The first-order chi connectivity index (χ1) is 6.56. The lowest BCUT2D eigenvalue weighted by molar-refractivity contribution is -0.146. The van der Waals surface area contributed by atoms with Crippen LogP contribution in [-0.2, 0) is 9.53 Å². The van der Waals surface area contributed by atoms with Crippen LogP contribution in [0.3, 0.4) is 0 Å². The van der Waals surface area contributed by atoms with E-state index < -0.39 is 0 Å². The summed E-state index contributed by atoms with van der Waals surface area (Å²) in [5, 5.41) is 4.15. The molecule has 0 aromatic carbocycles. The van der Waals surface area contributed by atoms with Gasteiger partial charge in [-0.25, -0.2) is 0 Å². The van der Waals surface area contributed by atoms with Crippen LogP contribution in [0.1, 0.15) is 19.9 Å². The van der Waals surface area contributed by atoms with Gasteiger partial charge in [0.25, 0.3) is 0 Å². The largest absolute Gasteiger partial charge is 0.469 e. The average molecular weight is 308 g/mol. The maximum absolute atomic E-state index is 11.3. The van der Waals surface area contributed by atoms with Gasteiger partial charge in [-0.2, -0.15) is 5.10 Å². The second-order valence-corrected chi connectivity index (χ2v) is 4.44. The summed E-state index contributed by atoms with van der Waals surface area (Å²) < 4.78 is 7.52. The summed E-state index contributed by atoms with van der Waals surface area (Å²) in [6.45, 7) is 3.79. The van der Waals surface area contributed by atoms with Crippen molar-refractivity contribution >= 4 is 28.6 Å². The number of ether oxygens (including phenoxy) is 1. The molecule has 1 aromatic rings. The van der Waals surface area contributed by atoms with E-state index in [2.05, 4.69) is 32.4 Å². The molecule has 78 valence electrons. The first-order valence-corrected chi connectivity index (χ1v) is 5.41. The van der Waals surface area contributed by atoms with Crippen LogP contribution in [0, 0.1) is 9.49 Å². The summed E-state index contributed by atoms with van der Waals surface area (Å²) in [6.07, 6.45) is 3.67. The molecular weight excluding hydrogens is 295 g/mol. The highest BCUT2D eigenvalue weighted by molar-refractivity contribution is 14.1. The van der Waals surface area contributed by atoms with E-state index >= 15 is 0 Å². The number of rotatable bonds is 3. The van der Waals surface area contributed by atoms with Crippen LogP contribution in [-0.4, -0.2) is 22.9 Å². The zero-order valence-corrected chi connectivity index (χ0v) is 10.6. The van der Waals surface area contributed by atoms with Crippen LogP contribution in [0.2, 0.25) is 0 Å². The van der Waals surface area contributed by atoms with Crippen molar-refractivity contribution in [2.45, 2.75) is 19.9 Å². The molecule has 1 rings (SSSR count). The summed E-state index contributed by atoms with van der Waals surface area (Å²) in [5.41, 5.74) is 0. The first-order valence-electron chi connectivity index (χ1n) is 4.33. The molecule has 2 unspecified atom stereocenters. The maximum Gasteiger partial charge on any atom is 0.310 e. The number of hydrogen-bond acceptors (Lipinski definition) is 3. The molecule has 0 aliphatic rings. The van der Waals surface area contributed by atoms with Gasteiger partial charge in [-0.15, -0.1) is 0 Å². The number of nitrogens with zero attached hydrogens (tertiary/aromatic N) is 2. The Labute approximate surface area is 96.8 Å². The Morgan fingerprint density at radius 1 is 1.64 bits per heavy atom. The zero-order valence-electron chi connectivity index (χ0n) is 8.40. The number of methoxy groups -OCH3 is 1. The second-order valence-electron chi connectivity index (χ2n) is 3.19. The maximum atomic E-state index is 11.3. The third-order valence-corrected chi connectivity index (χ3v) is 2.84. The minimum Gasteiger partial charge on any atom is -0.469 e. The third-order valence-electron chi connectivity index (χ3n) is 2.28. The number of hydrogen-bond donors (Lipinski definition) is 0. The molecule has 0 N–H and O–H groups in total. The average Bonchev–Trinajstić information content (AvgIpc) is 2.61. The van der Waals surface area contributed by atoms with E-state index in [1.165, 1.54) is 7.11 Å². The Bertz CT molecular complexity index is 324. The molecule has 0 amide bonds. The molecule has 2 atom stereocenters. The summed E-state index contributed by atoms with van der Waals surface area (Å²) in [6, 6.07) is 0.0194. The zero-order chi connectivity index (χ0) is 10.7. The number of aromatic nitrogens is 2. The van der Waals surface area contributed by atoms with Crippen LogP contribution >= 0.6 is 22.6 Å². The van der Waals surface area contributed by atoms with E-state index in [1.54, 1.807) is 10.9 Å². The molecule has 0 saturated carbocycles. The van der Waals surface area contributed by atoms with E-state index in [4.69, 9.17) is 0 Å². The molecule has 0 fully saturated rings. The quantitative estimate of drug-likeness (QED) is 0.632. The predicted molar refractivity (Wildman–Crippen MR) is 60.8 cm³/mol. The van der Waals surface area contributed by atoms with Gasteiger partial charge in [0.1, 0.15) is 0 Å². The number of carbonyl (C=O) groups excluding carboxylic acids is 1. The molecule has 0 spiro atoms. The van der Waals surface area contributed by atoms with Gasteiger partial charge in [0.15, 0.2) is 0 Å². The van der Waals surface area contributed by atoms with Crippen molar-refractivity contribution in [3.63, 3.8) is 0 Å². The molecule has 0 saturated heterocycles. The minimum atomic E-state index is -0.206. The lowest BCUT2D eigenvalue weighted by atomic mass is 10.0. The summed E-state index contributed by atoms with van der Waals surface area (Å²) in [5.74, 6) is -0.390. The lowest BCUT2D eigenvalue weighted by Crippen LogP contribution is -2.23. The summed E-state index contributed by atoms with van der Waals surface area (Å²) in [7, 11) is 1.40. The summed E-state index contributed by atoms with van der Waals surface area (Å²) >= 11 is 2.18. The van der Waals surface area contributed by atoms with E-state index in [0.717, 1.165) is 3.57 Å². The number of halogens is 1. The molecule has 14 heavy (non-hydrogen) atoms. The second kappa shape index (κ2) is 4.77. The topological polar surface area (TPSA) is 44.1 Å². The smallest absolute Gasteiger partial charge is 0.310 e.